The second-order valence-electron chi connectivity index (χ2n) is 3.70. The minimum absolute atomic E-state index is 0.603. The zero-order valence-electron chi connectivity index (χ0n) is 7.35. The summed E-state index contributed by atoms with van der Waals surface area (Å²) in [4.78, 5) is 4.67. The summed E-state index contributed by atoms with van der Waals surface area (Å²) in [7, 11) is 0. The first-order chi connectivity index (χ1) is 6.43. The second kappa shape index (κ2) is 2.66. The van der Waals surface area contributed by atoms with Gasteiger partial charge >= 0.3 is 0 Å². The zero-order chi connectivity index (χ0) is 8.67. The highest BCUT2D eigenvalue weighted by Gasteiger charge is 2.35. The van der Waals surface area contributed by atoms with Gasteiger partial charge < -0.3 is 4.90 Å². The van der Waals surface area contributed by atoms with Gasteiger partial charge in [-0.05, 0) is 24.6 Å². The number of aromatic nitrogens is 4. The number of rotatable bonds is 1. The van der Waals surface area contributed by atoms with Crippen molar-refractivity contribution < 1.29 is 0 Å². The van der Waals surface area contributed by atoms with Gasteiger partial charge in [-0.1, -0.05) is 5.10 Å². The summed E-state index contributed by atoms with van der Waals surface area (Å²) in [6, 6.07) is 0.603. The van der Waals surface area contributed by atoms with Gasteiger partial charge in [0.05, 0.1) is 6.67 Å². The average Bonchev–Trinajstić information content (AvgIpc) is 2.74. The maximum Gasteiger partial charge on any atom is 0.267 e. The van der Waals surface area contributed by atoms with E-state index in [4.69, 9.17) is 0 Å². The summed E-state index contributed by atoms with van der Waals surface area (Å²) in [5.74, 6) is 0.745. The molecule has 0 aliphatic carbocycles. The van der Waals surface area contributed by atoms with Gasteiger partial charge in [-0.15, -0.1) is 5.10 Å². The molecule has 2 atom stereocenters. The van der Waals surface area contributed by atoms with Crippen molar-refractivity contribution in [1.82, 2.24) is 25.5 Å². The second-order valence-corrected chi connectivity index (χ2v) is 3.70. The number of fused-ring (bicyclic) bond motifs is 2. The third-order valence-corrected chi connectivity index (χ3v) is 2.86. The van der Waals surface area contributed by atoms with Crippen LogP contribution < -0.4 is 4.90 Å². The first kappa shape index (κ1) is 7.25. The summed E-state index contributed by atoms with van der Waals surface area (Å²) in [6.07, 6.45) is 2.55. The molecule has 2 fully saturated rings. The van der Waals surface area contributed by atoms with Crippen molar-refractivity contribution in [2.75, 3.05) is 24.7 Å². The molecule has 2 bridgehead atoms. The van der Waals surface area contributed by atoms with Gasteiger partial charge in [0.15, 0.2) is 0 Å². The van der Waals surface area contributed by atoms with E-state index in [-0.39, 0.29) is 0 Å². The number of tetrazole rings is 1. The van der Waals surface area contributed by atoms with Crippen LogP contribution >= 0.6 is 0 Å². The Morgan fingerprint density at radius 2 is 2.46 bits per heavy atom. The van der Waals surface area contributed by atoms with Crippen LogP contribution in [0.15, 0.2) is 0 Å². The molecule has 70 valence electrons. The van der Waals surface area contributed by atoms with Crippen molar-refractivity contribution in [2.24, 2.45) is 0 Å². The average molecular weight is 180 g/mol. The standard InChI is InChI=1S/C7H12N6/c1-2-6-4-12(3-1)5-13(6)7-8-10-11-9-7/h6H,1-5H2,(H,8,9,10,11). The van der Waals surface area contributed by atoms with Crippen LogP contribution in [-0.4, -0.2) is 51.3 Å². The number of nitrogens with one attached hydrogen (secondary N) is 1. The van der Waals surface area contributed by atoms with Crippen LogP contribution in [0.5, 0.6) is 0 Å². The molecule has 0 spiro atoms. The van der Waals surface area contributed by atoms with Crippen molar-refractivity contribution in [3.05, 3.63) is 0 Å². The van der Waals surface area contributed by atoms with E-state index in [9.17, 15) is 0 Å². The number of piperidine rings is 1. The Kier molecular flexibility index (Phi) is 1.49. The lowest BCUT2D eigenvalue weighted by Gasteiger charge is -2.21. The Morgan fingerprint density at radius 1 is 1.46 bits per heavy atom. The summed E-state index contributed by atoms with van der Waals surface area (Å²) in [5.41, 5.74) is 0. The summed E-state index contributed by atoms with van der Waals surface area (Å²) in [5, 5.41) is 14.1. The molecule has 6 nitrogen and oxygen atoms in total. The number of anilines is 1. The van der Waals surface area contributed by atoms with Crippen molar-refractivity contribution in [3.63, 3.8) is 0 Å². The van der Waals surface area contributed by atoms with Gasteiger partial charge in [-0.2, -0.15) is 5.21 Å². The van der Waals surface area contributed by atoms with Gasteiger partial charge in [0.1, 0.15) is 0 Å². The molecule has 3 rings (SSSR count). The molecular weight excluding hydrogens is 168 g/mol. The Hall–Kier alpha value is -1.17. The predicted octanol–water partition coefficient (Wildman–Crippen LogP) is -0.558. The monoisotopic (exact) mass is 180 g/mol. The fourth-order valence-corrected chi connectivity index (χ4v) is 2.25. The van der Waals surface area contributed by atoms with Crippen molar-refractivity contribution in [2.45, 2.75) is 18.9 Å². The molecule has 2 aliphatic rings. The van der Waals surface area contributed by atoms with Gasteiger partial charge in [-0.25, -0.2) is 0 Å². The van der Waals surface area contributed by atoms with Crippen LogP contribution in [0.2, 0.25) is 0 Å². The van der Waals surface area contributed by atoms with Gasteiger partial charge in [0.2, 0.25) is 0 Å². The van der Waals surface area contributed by atoms with E-state index < -0.39 is 0 Å². The molecule has 13 heavy (non-hydrogen) atoms. The van der Waals surface area contributed by atoms with Crippen LogP contribution in [0, 0.1) is 0 Å². The number of aromatic amines is 1. The molecule has 0 amide bonds. The molecule has 2 saturated heterocycles. The molecule has 2 aliphatic heterocycles. The van der Waals surface area contributed by atoms with E-state index in [1.54, 1.807) is 0 Å². The van der Waals surface area contributed by atoms with Crippen molar-refractivity contribution in [1.29, 1.82) is 0 Å². The first-order valence-corrected chi connectivity index (χ1v) is 4.66. The Bertz CT molecular complexity index is 283. The Morgan fingerprint density at radius 3 is 3.23 bits per heavy atom. The summed E-state index contributed by atoms with van der Waals surface area (Å²) >= 11 is 0. The largest absolute Gasteiger partial charge is 0.321 e. The van der Waals surface area contributed by atoms with Gasteiger partial charge in [0.25, 0.3) is 5.95 Å². The topological polar surface area (TPSA) is 60.9 Å². The first-order valence-electron chi connectivity index (χ1n) is 4.66. The highest BCUT2D eigenvalue weighted by Crippen LogP contribution is 2.25. The number of hydrogen-bond donors (Lipinski definition) is 1. The number of hydrogen-bond acceptors (Lipinski definition) is 5. The van der Waals surface area contributed by atoms with E-state index in [0.29, 0.717) is 6.04 Å². The van der Waals surface area contributed by atoms with Crippen LogP contribution in [0.1, 0.15) is 12.8 Å². The summed E-state index contributed by atoms with van der Waals surface area (Å²) in [6.45, 7) is 3.34. The van der Waals surface area contributed by atoms with Crippen LogP contribution in [0.4, 0.5) is 5.95 Å². The van der Waals surface area contributed by atoms with E-state index >= 15 is 0 Å². The highest BCUT2D eigenvalue weighted by atomic mass is 15.6. The molecular formula is C7H12N6. The zero-order valence-corrected chi connectivity index (χ0v) is 7.35. The molecule has 3 heterocycles. The fourth-order valence-electron chi connectivity index (χ4n) is 2.25. The normalized spacial score (nSPS) is 32.5. The quantitative estimate of drug-likeness (QED) is 0.628. The molecule has 6 heteroatoms. The van der Waals surface area contributed by atoms with E-state index in [0.717, 1.165) is 19.2 Å². The van der Waals surface area contributed by atoms with E-state index in [1.807, 2.05) is 0 Å². The van der Waals surface area contributed by atoms with Crippen LogP contribution in [0.25, 0.3) is 0 Å². The lowest BCUT2D eigenvalue weighted by Crippen LogP contribution is -2.32. The minimum atomic E-state index is 0.603. The van der Waals surface area contributed by atoms with Gasteiger partial charge in [-0.3, -0.25) is 4.90 Å². The fraction of sp³-hybridized carbons (Fsp3) is 0.857. The van der Waals surface area contributed by atoms with Crippen molar-refractivity contribution >= 4 is 5.95 Å². The molecule has 1 aromatic heterocycles. The molecule has 1 N–H and O–H groups in total. The molecule has 0 radical (unpaired) electrons. The summed E-state index contributed by atoms with van der Waals surface area (Å²) < 4.78 is 0. The Labute approximate surface area is 75.9 Å². The Balaban J connectivity index is 1.86. The van der Waals surface area contributed by atoms with Crippen molar-refractivity contribution in [3.8, 4) is 0 Å². The molecule has 0 aromatic carbocycles. The lowest BCUT2D eigenvalue weighted by atomic mass is 10.1. The number of nitrogens with zero attached hydrogens (tertiary/aromatic N) is 5. The highest BCUT2D eigenvalue weighted by molar-refractivity contribution is 5.31. The van der Waals surface area contributed by atoms with E-state index in [2.05, 4.69) is 30.4 Å². The van der Waals surface area contributed by atoms with Gasteiger partial charge in [0, 0.05) is 12.6 Å². The third kappa shape index (κ3) is 1.09. The minimum Gasteiger partial charge on any atom is -0.321 e. The maximum atomic E-state index is 4.01. The molecule has 1 aromatic rings. The SMILES string of the molecule is C1CC2CN(C1)CN2c1nn[nH]n1. The van der Waals surface area contributed by atoms with Crippen LogP contribution in [-0.2, 0) is 0 Å². The van der Waals surface area contributed by atoms with E-state index in [1.165, 1.54) is 19.4 Å². The lowest BCUT2D eigenvalue weighted by molar-refractivity contribution is 0.293. The van der Waals surface area contributed by atoms with Crippen LogP contribution in [0.3, 0.4) is 0 Å². The smallest absolute Gasteiger partial charge is 0.267 e. The number of H-pyrrole nitrogens is 1. The predicted molar refractivity (Wildman–Crippen MR) is 46.1 cm³/mol. The maximum absolute atomic E-state index is 4.01. The molecule has 2 unspecified atom stereocenters. The molecule has 0 saturated carbocycles. The third-order valence-electron chi connectivity index (χ3n) is 2.86.